The van der Waals surface area contributed by atoms with Crippen LogP contribution < -0.4 is 21.4 Å². The van der Waals surface area contributed by atoms with E-state index in [4.69, 9.17) is 18.7 Å². The van der Waals surface area contributed by atoms with Crippen LogP contribution in [0, 0.1) is 6.92 Å². The number of esters is 2. The highest BCUT2D eigenvalue weighted by molar-refractivity contribution is 7.54. The third kappa shape index (κ3) is 9.05. The van der Waals surface area contributed by atoms with Gasteiger partial charge in [-0.2, -0.15) is 0 Å². The Morgan fingerprint density at radius 1 is 0.978 bits per heavy atom. The summed E-state index contributed by atoms with van der Waals surface area (Å²) in [6.45, 7) is 0.898. The van der Waals surface area contributed by atoms with Gasteiger partial charge in [0.25, 0.3) is 5.56 Å². The monoisotopic (exact) mass is 646 g/mol. The fourth-order valence-electron chi connectivity index (χ4n) is 4.86. The quantitative estimate of drug-likeness (QED) is 0.174. The van der Waals surface area contributed by atoms with Crippen LogP contribution in [0.25, 0.3) is 0 Å². The summed E-state index contributed by atoms with van der Waals surface area (Å²) >= 11 is 0. The van der Waals surface area contributed by atoms with Crippen LogP contribution in [-0.4, -0.2) is 66.7 Å². The first kappa shape index (κ1) is 33.9. The van der Waals surface area contributed by atoms with Crippen molar-refractivity contribution < 1.29 is 37.3 Å². The number of rotatable bonds is 14. The number of H-pyrrole nitrogens is 1. The van der Waals surface area contributed by atoms with E-state index < -0.39 is 68.1 Å². The number of carbonyl (C=O) groups is 2. The van der Waals surface area contributed by atoms with Gasteiger partial charge in [-0.15, -0.1) is 0 Å². The van der Waals surface area contributed by atoms with Crippen LogP contribution in [0.4, 0.5) is 4.39 Å². The summed E-state index contributed by atoms with van der Waals surface area (Å²) in [4.78, 5) is 52.0. The van der Waals surface area contributed by atoms with Crippen LogP contribution in [0.5, 0.6) is 0 Å². The maximum atomic E-state index is 15.2. The number of alkyl halides is 1. The van der Waals surface area contributed by atoms with Crippen LogP contribution in [0.2, 0.25) is 0 Å². The van der Waals surface area contributed by atoms with Gasteiger partial charge in [-0.1, -0.05) is 60.7 Å². The average Bonchev–Trinajstić information content (AvgIpc) is 3.41. The summed E-state index contributed by atoms with van der Waals surface area (Å²) in [6, 6.07) is 15.4. The Hall–Kier alpha value is -3.94. The van der Waals surface area contributed by atoms with E-state index in [2.05, 4.69) is 15.2 Å². The molecule has 0 bridgehead atoms. The number of carbonyl (C=O) groups excluding carboxylic acids is 2. The predicted octanol–water partition coefficient (Wildman–Crippen LogP) is 2.34. The molecule has 3 aromatic rings. The van der Waals surface area contributed by atoms with Crippen molar-refractivity contribution in [1.29, 1.82) is 0 Å². The molecule has 2 aromatic carbocycles. The summed E-state index contributed by atoms with van der Waals surface area (Å²) in [5.74, 6) is -1.51. The van der Waals surface area contributed by atoms with Gasteiger partial charge in [-0.3, -0.25) is 28.5 Å². The number of nitrogens with zero attached hydrogens (tertiary/aromatic N) is 1. The summed E-state index contributed by atoms with van der Waals surface area (Å²) in [5, 5.41) is 5.39. The summed E-state index contributed by atoms with van der Waals surface area (Å²) < 4.78 is 52.2. The van der Waals surface area contributed by atoms with Gasteiger partial charge in [0.2, 0.25) is 0 Å². The number of aromatic nitrogens is 2. The summed E-state index contributed by atoms with van der Waals surface area (Å²) in [5.41, 5.74) is 0.310. The number of aryl methyl sites for hydroxylation is 1. The molecule has 1 saturated heterocycles. The molecule has 15 heteroatoms. The minimum atomic E-state index is -4.40. The topological polar surface area (TPSA) is 167 Å². The zero-order chi connectivity index (χ0) is 32.6. The third-order valence-electron chi connectivity index (χ3n) is 7.23. The molecule has 0 spiro atoms. The van der Waals surface area contributed by atoms with E-state index in [9.17, 15) is 23.7 Å². The number of methoxy groups -OCH3 is 2. The van der Waals surface area contributed by atoms with E-state index >= 15 is 4.39 Å². The van der Waals surface area contributed by atoms with Gasteiger partial charge < -0.3 is 18.7 Å². The van der Waals surface area contributed by atoms with Gasteiger partial charge in [0, 0.05) is 18.2 Å². The molecular weight excluding hydrogens is 610 g/mol. The first-order chi connectivity index (χ1) is 21.5. The molecule has 0 radical (unpaired) electrons. The van der Waals surface area contributed by atoms with Crippen molar-refractivity contribution in [2.75, 3.05) is 20.8 Å². The highest BCUT2D eigenvalue weighted by Crippen LogP contribution is 2.42. The predicted molar refractivity (Wildman–Crippen MR) is 161 cm³/mol. The van der Waals surface area contributed by atoms with E-state index in [1.807, 2.05) is 0 Å². The standard InChI is InChI=1S/C30H36FN4O9P/c1-19-17-35(30(39)32-27(19)36)26-16-22(31)25(44-26)18-43-45(40,33-23(28(37)41-2)14-20-10-6-4-7-11-20)34-24(29(38)42-3)15-21-12-8-5-9-13-21/h4-13,17,22-26H,14-16,18H2,1-3H3,(H,32,36,39)(H2,33,34,40)/t22-,23-,24-,25+,26+/m0/s1. The summed E-state index contributed by atoms with van der Waals surface area (Å²) in [6.07, 6.45) is -2.89. The molecule has 3 N–H and O–H groups in total. The molecule has 0 unspecified atom stereocenters. The van der Waals surface area contributed by atoms with Crippen LogP contribution >= 0.6 is 7.67 Å². The smallest absolute Gasteiger partial charge is 0.342 e. The van der Waals surface area contributed by atoms with E-state index in [1.165, 1.54) is 27.3 Å². The van der Waals surface area contributed by atoms with E-state index in [1.54, 1.807) is 60.7 Å². The lowest BCUT2D eigenvalue weighted by atomic mass is 10.1. The molecule has 13 nitrogen and oxygen atoms in total. The van der Waals surface area contributed by atoms with Gasteiger partial charge in [-0.25, -0.2) is 19.4 Å². The lowest BCUT2D eigenvalue weighted by Crippen LogP contribution is -2.46. The molecular formula is C30H36FN4O9P. The van der Waals surface area contributed by atoms with E-state index in [0.717, 1.165) is 4.57 Å². The van der Waals surface area contributed by atoms with E-state index in [-0.39, 0.29) is 24.8 Å². The van der Waals surface area contributed by atoms with Gasteiger partial charge in [-0.05, 0) is 30.9 Å². The maximum absolute atomic E-state index is 15.2. The number of hydrogen-bond donors (Lipinski definition) is 3. The Labute approximate surface area is 258 Å². The summed E-state index contributed by atoms with van der Waals surface area (Å²) in [7, 11) is -2.05. The van der Waals surface area contributed by atoms with Gasteiger partial charge in [0.1, 0.15) is 30.6 Å². The molecule has 1 aliphatic heterocycles. The Kier molecular flexibility index (Phi) is 11.6. The van der Waals surface area contributed by atoms with Crippen LogP contribution in [0.3, 0.4) is 0 Å². The highest BCUT2D eigenvalue weighted by Gasteiger charge is 2.41. The first-order valence-electron chi connectivity index (χ1n) is 14.2. The Morgan fingerprint density at radius 3 is 1.98 bits per heavy atom. The van der Waals surface area contributed by atoms with Crippen LogP contribution in [0.15, 0.2) is 76.4 Å². The van der Waals surface area contributed by atoms with Gasteiger partial charge in [0.15, 0.2) is 0 Å². The second-order valence-electron chi connectivity index (χ2n) is 10.5. The average molecular weight is 647 g/mol. The fraction of sp³-hybridized carbons (Fsp3) is 0.400. The van der Waals surface area contributed by atoms with Crippen molar-refractivity contribution in [3.8, 4) is 0 Å². The molecule has 1 aromatic heterocycles. The molecule has 1 aliphatic rings. The lowest BCUT2D eigenvalue weighted by molar-refractivity contribution is -0.143. The second kappa shape index (κ2) is 15.4. The molecule has 2 heterocycles. The molecule has 45 heavy (non-hydrogen) atoms. The molecule has 4 rings (SSSR count). The largest absolute Gasteiger partial charge is 0.468 e. The normalized spacial score (nSPS) is 19.5. The first-order valence-corrected chi connectivity index (χ1v) is 15.8. The number of nitrogens with one attached hydrogen (secondary N) is 3. The zero-order valence-corrected chi connectivity index (χ0v) is 25.9. The molecule has 1 fully saturated rings. The van der Waals surface area contributed by atoms with Crippen molar-refractivity contribution in [1.82, 2.24) is 19.7 Å². The maximum Gasteiger partial charge on any atom is 0.342 e. The van der Waals surface area contributed by atoms with Crippen molar-refractivity contribution in [3.63, 3.8) is 0 Å². The number of ether oxygens (including phenoxy) is 3. The van der Waals surface area contributed by atoms with Crippen LogP contribution in [0.1, 0.15) is 29.3 Å². The van der Waals surface area contributed by atoms with E-state index in [0.29, 0.717) is 11.1 Å². The number of halogens is 1. The van der Waals surface area contributed by atoms with Gasteiger partial charge in [0.05, 0.1) is 20.8 Å². The Bertz CT molecular complexity index is 1550. The van der Waals surface area contributed by atoms with Crippen molar-refractivity contribution >= 4 is 19.6 Å². The molecule has 0 amide bonds. The number of aromatic amines is 1. The number of hydrogen-bond acceptors (Lipinski definition) is 9. The zero-order valence-electron chi connectivity index (χ0n) is 25.0. The minimum Gasteiger partial charge on any atom is -0.468 e. The lowest BCUT2D eigenvalue weighted by Gasteiger charge is -2.29. The molecule has 0 saturated carbocycles. The van der Waals surface area contributed by atoms with Crippen molar-refractivity contribution in [2.45, 2.75) is 56.8 Å². The van der Waals surface area contributed by atoms with Crippen molar-refractivity contribution in [3.05, 3.63) is 104 Å². The second-order valence-corrected chi connectivity index (χ2v) is 12.4. The van der Waals surface area contributed by atoms with Gasteiger partial charge >= 0.3 is 25.3 Å². The van der Waals surface area contributed by atoms with Crippen LogP contribution in [-0.2, 0) is 45.7 Å². The molecule has 0 aliphatic carbocycles. The number of benzene rings is 2. The fourth-order valence-corrected chi connectivity index (χ4v) is 6.65. The molecule has 242 valence electrons. The molecule has 5 atom stereocenters. The minimum absolute atomic E-state index is 0.0480. The van der Waals surface area contributed by atoms with Crippen molar-refractivity contribution in [2.24, 2.45) is 0 Å². The SMILES string of the molecule is COC(=O)[C@H](Cc1ccccc1)NP(=O)(N[C@@H](Cc1ccccc1)C(=O)OC)OC[C@H]1O[C@@H](n2cc(C)c(=O)[nH]c2=O)C[C@@H]1F. The Balaban J connectivity index is 1.60. The third-order valence-corrected chi connectivity index (χ3v) is 9.04. The highest BCUT2D eigenvalue weighted by atomic mass is 31.2. The Morgan fingerprint density at radius 2 is 1.49 bits per heavy atom.